The van der Waals surface area contributed by atoms with Crippen molar-refractivity contribution in [3.8, 4) is 5.75 Å². The normalized spacial score (nSPS) is 10.1. The minimum atomic E-state index is 0.466. The molecule has 0 unspecified atom stereocenters. The number of pyridine rings is 1. The summed E-state index contributed by atoms with van der Waals surface area (Å²) >= 11 is 3.39. The summed E-state index contributed by atoms with van der Waals surface area (Å²) in [4.78, 5) is 3.90. The quantitative estimate of drug-likeness (QED) is 0.939. The SMILES string of the molecule is Nc1cc(OCc2ccc(Br)cc2)ccn1. The van der Waals surface area contributed by atoms with Gasteiger partial charge in [0.25, 0.3) is 0 Å². The van der Waals surface area contributed by atoms with Crippen LogP contribution in [-0.2, 0) is 6.61 Å². The molecule has 0 aliphatic carbocycles. The molecule has 0 radical (unpaired) electrons. The monoisotopic (exact) mass is 278 g/mol. The second kappa shape index (κ2) is 4.99. The molecule has 0 fully saturated rings. The summed E-state index contributed by atoms with van der Waals surface area (Å²) in [6.45, 7) is 0.525. The number of hydrogen-bond acceptors (Lipinski definition) is 3. The van der Waals surface area contributed by atoms with Crippen molar-refractivity contribution >= 4 is 21.7 Å². The van der Waals surface area contributed by atoms with Crippen molar-refractivity contribution in [3.63, 3.8) is 0 Å². The Labute approximate surface area is 102 Å². The minimum absolute atomic E-state index is 0.466. The summed E-state index contributed by atoms with van der Waals surface area (Å²) in [5.74, 6) is 1.20. The Bertz CT molecular complexity index is 471. The third-order valence-corrected chi connectivity index (χ3v) is 2.60. The van der Waals surface area contributed by atoms with Gasteiger partial charge in [-0.3, -0.25) is 0 Å². The van der Waals surface area contributed by atoms with Gasteiger partial charge in [0.2, 0.25) is 0 Å². The van der Waals surface area contributed by atoms with Crippen molar-refractivity contribution in [2.75, 3.05) is 5.73 Å². The van der Waals surface area contributed by atoms with Crippen LogP contribution in [0.5, 0.6) is 5.75 Å². The molecule has 82 valence electrons. The maximum absolute atomic E-state index is 5.58. The average Bonchev–Trinajstić information content (AvgIpc) is 2.28. The second-order valence-electron chi connectivity index (χ2n) is 3.33. The lowest BCUT2D eigenvalue weighted by Crippen LogP contribution is -1.96. The molecule has 1 aromatic heterocycles. The maximum Gasteiger partial charge on any atom is 0.126 e. The van der Waals surface area contributed by atoms with Gasteiger partial charge in [0, 0.05) is 16.7 Å². The number of nitrogens with zero attached hydrogens (tertiary/aromatic N) is 1. The van der Waals surface area contributed by atoms with E-state index in [1.165, 1.54) is 0 Å². The number of benzene rings is 1. The average molecular weight is 279 g/mol. The van der Waals surface area contributed by atoms with Crippen molar-refractivity contribution in [1.29, 1.82) is 0 Å². The Balaban J connectivity index is 1.99. The lowest BCUT2D eigenvalue weighted by molar-refractivity contribution is 0.306. The molecule has 0 amide bonds. The van der Waals surface area contributed by atoms with Crippen molar-refractivity contribution < 1.29 is 4.74 Å². The predicted octanol–water partition coefficient (Wildman–Crippen LogP) is 3.01. The van der Waals surface area contributed by atoms with E-state index in [9.17, 15) is 0 Å². The lowest BCUT2D eigenvalue weighted by atomic mass is 10.2. The van der Waals surface area contributed by atoms with Crippen LogP contribution in [0.3, 0.4) is 0 Å². The van der Waals surface area contributed by atoms with E-state index in [4.69, 9.17) is 10.5 Å². The highest BCUT2D eigenvalue weighted by Gasteiger charge is 1.97. The largest absolute Gasteiger partial charge is 0.489 e. The molecule has 2 aromatic rings. The lowest BCUT2D eigenvalue weighted by Gasteiger charge is -2.06. The molecule has 3 nitrogen and oxygen atoms in total. The Morgan fingerprint density at radius 2 is 1.94 bits per heavy atom. The number of hydrogen-bond donors (Lipinski definition) is 1. The zero-order valence-corrected chi connectivity index (χ0v) is 10.1. The van der Waals surface area contributed by atoms with E-state index in [1.807, 2.05) is 24.3 Å². The van der Waals surface area contributed by atoms with Crippen LogP contribution in [0.1, 0.15) is 5.56 Å². The number of nitrogens with two attached hydrogens (primary N) is 1. The van der Waals surface area contributed by atoms with Gasteiger partial charge in [-0.15, -0.1) is 0 Å². The van der Waals surface area contributed by atoms with Crippen LogP contribution < -0.4 is 10.5 Å². The predicted molar refractivity (Wildman–Crippen MR) is 67.1 cm³/mol. The Hall–Kier alpha value is -1.55. The highest BCUT2D eigenvalue weighted by atomic mass is 79.9. The summed E-state index contributed by atoms with van der Waals surface area (Å²) in [6.07, 6.45) is 1.63. The number of nitrogen functional groups attached to an aromatic ring is 1. The van der Waals surface area contributed by atoms with Crippen molar-refractivity contribution in [2.24, 2.45) is 0 Å². The Morgan fingerprint density at radius 1 is 1.19 bits per heavy atom. The van der Waals surface area contributed by atoms with Crippen LogP contribution in [0.4, 0.5) is 5.82 Å². The second-order valence-corrected chi connectivity index (χ2v) is 4.25. The molecule has 0 saturated carbocycles. The van der Waals surface area contributed by atoms with Crippen LogP contribution in [-0.4, -0.2) is 4.98 Å². The first-order valence-corrected chi connectivity index (χ1v) is 5.62. The third-order valence-electron chi connectivity index (χ3n) is 2.07. The summed E-state index contributed by atoms with van der Waals surface area (Å²) in [6, 6.07) is 11.5. The van der Waals surface area contributed by atoms with E-state index in [2.05, 4.69) is 20.9 Å². The highest BCUT2D eigenvalue weighted by molar-refractivity contribution is 9.10. The molecular formula is C12H11BrN2O. The first kappa shape index (κ1) is 11.0. The van der Waals surface area contributed by atoms with Gasteiger partial charge in [-0.05, 0) is 23.8 Å². The zero-order chi connectivity index (χ0) is 11.4. The molecule has 1 aromatic carbocycles. The number of anilines is 1. The molecule has 0 saturated heterocycles. The fourth-order valence-corrected chi connectivity index (χ4v) is 1.53. The maximum atomic E-state index is 5.58. The van der Waals surface area contributed by atoms with E-state index in [1.54, 1.807) is 18.3 Å². The first-order valence-electron chi connectivity index (χ1n) is 4.83. The zero-order valence-electron chi connectivity index (χ0n) is 8.56. The molecule has 2 rings (SSSR count). The van der Waals surface area contributed by atoms with E-state index in [-0.39, 0.29) is 0 Å². The minimum Gasteiger partial charge on any atom is -0.489 e. The van der Waals surface area contributed by atoms with Crippen LogP contribution in [0.25, 0.3) is 0 Å². The Morgan fingerprint density at radius 3 is 2.62 bits per heavy atom. The number of halogens is 1. The molecule has 0 bridgehead atoms. The third kappa shape index (κ3) is 2.97. The molecule has 0 aliphatic rings. The molecule has 2 N–H and O–H groups in total. The summed E-state index contributed by atoms with van der Waals surface area (Å²) in [5.41, 5.74) is 6.66. The van der Waals surface area contributed by atoms with Crippen LogP contribution in [0.15, 0.2) is 47.1 Å². The summed E-state index contributed by atoms with van der Waals surface area (Å²) < 4.78 is 6.64. The van der Waals surface area contributed by atoms with E-state index < -0.39 is 0 Å². The van der Waals surface area contributed by atoms with Gasteiger partial charge in [0.05, 0.1) is 0 Å². The Kier molecular flexibility index (Phi) is 3.41. The van der Waals surface area contributed by atoms with Crippen LogP contribution in [0.2, 0.25) is 0 Å². The summed E-state index contributed by atoms with van der Waals surface area (Å²) in [5, 5.41) is 0. The number of aromatic nitrogens is 1. The van der Waals surface area contributed by atoms with Crippen molar-refractivity contribution in [2.45, 2.75) is 6.61 Å². The van der Waals surface area contributed by atoms with Gasteiger partial charge < -0.3 is 10.5 Å². The fourth-order valence-electron chi connectivity index (χ4n) is 1.27. The van der Waals surface area contributed by atoms with E-state index >= 15 is 0 Å². The van der Waals surface area contributed by atoms with Gasteiger partial charge in [0.1, 0.15) is 18.2 Å². The molecule has 16 heavy (non-hydrogen) atoms. The highest BCUT2D eigenvalue weighted by Crippen LogP contribution is 2.15. The molecule has 1 heterocycles. The van der Waals surface area contributed by atoms with Gasteiger partial charge in [-0.25, -0.2) is 4.98 Å². The topological polar surface area (TPSA) is 48.1 Å². The van der Waals surface area contributed by atoms with Crippen LogP contribution in [0, 0.1) is 0 Å². The van der Waals surface area contributed by atoms with Crippen molar-refractivity contribution in [1.82, 2.24) is 4.98 Å². The van der Waals surface area contributed by atoms with Gasteiger partial charge in [-0.1, -0.05) is 28.1 Å². The van der Waals surface area contributed by atoms with Crippen LogP contribution >= 0.6 is 15.9 Å². The molecule has 0 atom stereocenters. The molecule has 0 spiro atoms. The van der Waals surface area contributed by atoms with Gasteiger partial charge >= 0.3 is 0 Å². The number of ether oxygens (including phenoxy) is 1. The van der Waals surface area contributed by atoms with Gasteiger partial charge in [-0.2, -0.15) is 0 Å². The molecular weight excluding hydrogens is 268 g/mol. The molecule has 0 aliphatic heterocycles. The smallest absolute Gasteiger partial charge is 0.126 e. The van der Waals surface area contributed by atoms with E-state index in [0.29, 0.717) is 12.4 Å². The number of rotatable bonds is 3. The molecule has 4 heteroatoms. The fraction of sp³-hybridized carbons (Fsp3) is 0.0833. The summed E-state index contributed by atoms with van der Waals surface area (Å²) in [7, 11) is 0. The van der Waals surface area contributed by atoms with Crippen molar-refractivity contribution in [3.05, 3.63) is 52.6 Å². The van der Waals surface area contributed by atoms with Gasteiger partial charge in [0.15, 0.2) is 0 Å². The standard InChI is InChI=1S/C12H11BrN2O/c13-10-3-1-9(2-4-10)8-16-11-5-6-15-12(14)7-11/h1-7H,8H2,(H2,14,15). The van der Waals surface area contributed by atoms with E-state index in [0.717, 1.165) is 15.8 Å². The first-order chi connectivity index (χ1) is 7.74.